The number of halogens is 1. The fourth-order valence-corrected chi connectivity index (χ4v) is 4.12. The Morgan fingerprint density at radius 3 is 2.11 bits per heavy atom. The number of unbranched alkanes of at least 4 members (excludes halogenated alkanes) is 10. The second kappa shape index (κ2) is 17.0. The first kappa shape index (κ1) is 28.8. The number of ether oxygens (including phenoxy) is 1. The van der Waals surface area contributed by atoms with Crippen LogP contribution in [0.3, 0.4) is 0 Å². The van der Waals surface area contributed by atoms with Crippen LogP contribution in [0, 0.1) is 6.92 Å². The van der Waals surface area contributed by atoms with Crippen molar-refractivity contribution in [2.45, 2.75) is 90.9 Å². The Hall–Kier alpha value is -2.47. The third-order valence-corrected chi connectivity index (χ3v) is 6.36. The molecule has 0 aliphatic carbocycles. The highest BCUT2D eigenvalue weighted by atomic mass is 79.9. The standard InChI is InChI=1S/C29H39BrN2O3/c1-3-4-5-6-7-8-9-10-11-12-13-14-28(33)32-31-22-25-21-26(30)19-20-27(25)35-29(34)24-17-15-23(2)16-18-24/h15-22H,3-14H2,1-2H3,(H,32,33). The molecule has 2 rings (SSSR count). The van der Waals surface area contributed by atoms with Crippen LogP contribution >= 0.6 is 15.9 Å². The first-order valence-electron chi connectivity index (χ1n) is 12.9. The first-order valence-corrected chi connectivity index (χ1v) is 13.7. The van der Waals surface area contributed by atoms with Gasteiger partial charge in [0.25, 0.3) is 0 Å². The van der Waals surface area contributed by atoms with E-state index in [-0.39, 0.29) is 5.91 Å². The van der Waals surface area contributed by atoms with Crippen LogP contribution in [0.5, 0.6) is 5.75 Å². The Labute approximate surface area is 218 Å². The Kier molecular flexibility index (Phi) is 14.0. The Bertz CT molecular complexity index is 941. The van der Waals surface area contributed by atoms with Gasteiger partial charge in [-0.25, -0.2) is 10.2 Å². The Morgan fingerprint density at radius 1 is 0.886 bits per heavy atom. The van der Waals surface area contributed by atoms with Gasteiger partial charge in [-0.1, -0.05) is 105 Å². The molecule has 0 saturated heterocycles. The fraction of sp³-hybridized carbons (Fsp3) is 0.483. The van der Waals surface area contributed by atoms with Crippen LogP contribution < -0.4 is 10.2 Å². The number of benzene rings is 2. The SMILES string of the molecule is CCCCCCCCCCCCCC(=O)NN=Cc1cc(Br)ccc1OC(=O)c1ccc(C)cc1. The molecule has 5 nitrogen and oxygen atoms in total. The topological polar surface area (TPSA) is 67.8 Å². The minimum absolute atomic E-state index is 0.106. The fourth-order valence-electron chi connectivity index (χ4n) is 3.74. The van der Waals surface area contributed by atoms with E-state index in [2.05, 4.69) is 33.4 Å². The summed E-state index contributed by atoms with van der Waals surface area (Å²) in [4.78, 5) is 24.6. The van der Waals surface area contributed by atoms with Gasteiger partial charge in [0.05, 0.1) is 11.8 Å². The zero-order valence-corrected chi connectivity index (χ0v) is 22.7. The summed E-state index contributed by atoms with van der Waals surface area (Å²) < 4.78 is 6.39. The van der Waals surface area contributed by atoms with E-state index in [1.807, 2.05) is 19.1 Å². The van der Waals surface area contributed by atoms with Crippen LogP contribution in [0.2, 0.25) is 0 Å². The van der Waals surface area contributed by atoms with Gasteiger partial charge in [-0.2, -0.15) is 5.10 Å². The van der Waals surface area contributed by atoms with Crippen LogP contribution in [0.4, 0.5) is 0 Å². The number of hydrogen-bond donors (Lipinski definition) is 1. The molecular weight excluding hydrogens is 504 g/mol. The Balaban J connectivity index is 1.69. The smallest absolute Gasteiger partial charge is 0.343 e. The van der Waals surface area contributed by atoms with E-state index in [1.165, 1.54) is 64.0 Å². The molecule has 0 spiro atoms. The molecule has 0 aliphatic heterocycles. The average molecular weight is 544 g/mol. The van der Waals surface area contributed by atoms with Crippen molar-refractivity contribution in [1.82, 2.24) is 5.43 Å². The zero-order valence-electron chi connectivity index (χ0n) is 21.2. The normalized spacial score (nSPS) is 11.1. The lowest BCUT2D eigenvalue weighted by Crippen LogP contribution is -2.17. The lowest BCUT2D eigenvalue weighted by atomic mass is 10.1. The van der Waals surface area contributed by atoms with Gasteiger partial charge in [-0.05, 0) is 43.7 Å². The minimum atomic E-state index is -0.442. The summed E-state index contributed by atoms with van der Waals surface area (Å²) in [6, 6.07) is 12.5. The molecule has 0 unspecified atom stereocenters. The van der Waals surface area contributed by atoms with Crippen molar-refractivity contribution in [3.05, 3.63) is 63.6 Å². The molecule has 0 bridgehead atoms. The van der Waals surface area contributed by atoms with E-state index in [9.17, 15) is 9.59 Å². The van der Waals surface area contributed by atoms with Crippen molar-refractivity contribution in [3.63, 3.8) is 0 Å². The first-order chi connectivity index (χ1) is 17.0. The highest BCUT2D eigenvalue weighted by Crippen LogP contribution is 2.23. The summed E-state index contributed by atoms with van der Waals surface area (Å²) in [5, 5.41) is 4.07. The van der Waals surface area contributed by atoms with Crippen molar-refractivity contribution in [2.75, 3.05) is 0 Å². The predicted octanol–water partition coefficient (Wildman–Crippen LogP) is 8.13. The number of nitrogens with one attached hydrogen (secondary N) is 1. The maximum atomic E-state index is 12.5. The van der Waals surface area contributed by atoms with Crippen molar-refractivity contribution in [1.29, 1.82) is 0 Å². The number of amides is 1. The van der Waals surface area contributed by atoms with Gasteiger partial charge < -0.3 is 4.74 Å². The number of hydrogen-bond acceptors (Lipinski definition) is 4. The summed E-state index contributed by atoms with van der Waals surface area (Å²) in [7, 11) is 0. The van der Waals surface area contributed by atoms with Crippen molar-refractivity contribution in [3.8, 4) is 5.75 Å². The van der Waals surface area contributed by atoms with Gasteiger partial charge in [-0.15, -0.1) is 0 Å². The van der Waals surface area contributed by atoms with Gasteiger partial charge >= 0.3 is 5.97 Å². The molecular formula is C29H39BrN2O3. The predicted molar refractivity (Wildman–Crippen MR) is 147 cm³/mol. The number of aryl methyl sites for hydroxylation is 1. The summed E-state index contributed by atoms with van der Waals surface area (Å²) in [5.41, 5.74) is 4.72. The molecule has 0 fully saturated rings. The summed E-state index contributed by atoms with van der Waals surface area (Å²) >= 11 is 3.43. The third kappa shape index (κ3) is 12.2. The molecule has 0 radical (unpaired) electrons. The molecule has 0 aromatic heterocycles. The summed E-state index contributed by atoms with van der Waals surface area (Å²) in [5.74, 6) is -0.171. The molecule has 35 heavy (non-hydrogen) atoms. The van der Waals surface area contributed by atoms with Crippen molar-refractivity contribution in [2.24, 2.45) is 5.10 Å². The zero-order chi connectivity index (χ0) is 25.3. The highest BCUT2D eigenvalue weighted by molar-refractivity contribution is 9.10. The van der Waals surface area contributed by atoms with Gasteiger partial charge in [-0.3, -0.25) is 4.79 Å². The highest BCUT2D eigenvalue weighted by Gasteiger charge is 2.11. The second-order valence-corrected chi connectivity index (χ2v) is 9.93. The van der Waals surface area contributed by atoms with Crippen LogP contribution in [0.15, 0.2) is 52.0 Å². The van der Waals surface area contributed by atoms with E-state index in [1.54, 1.807) is 30.3 Å². The van der Waals surface area contributed by atoms with Crippen LogP contribution in [0.25, 0.3) is 0 Å². The lowest BCUT2D eigenvalue weighted by Gasteiger charge is -2.08. The van der Waals surface area contributed by atoms with Crippen LogP contribution in [0.1, 0.15) is 105 Å². The van der Waals surface area contributed by atoms with E-state index < -0.39 is 5.97 Å². The van der Waals surface area contributed by atoms with Crippen molar-refractivity contribution >= 4 is 34.0 Å². The largest absolute Gasteiger partial charge is 0.422 e. The van der Waals surface area contributed by atoms with E-state index in [0.29, 0.717) is 23.3 Å². The van der Waals surface area contributed by atoms with Crippen LogP contribution in [-0.4, -0.2) is 18.1 Å². The molecule has 1 N–H and O–H groups in total. The molecule has 0 heterocycles. The average Bonchev–Trinajstić information content (AvgIpc) is 2.84. The summed E-state index contributed by atoms with van der Waals surface area (Å²) in [6.07, 6.45) is 15.7. The maximum Gasteiger partial charge on any atom is 0.343 e. The minimum Gasteiger partial charge on any atom is -0.422 e. The number of rotatable bonds is 16. The van der Waals surface area contributed by atoms with Crippen LogP contribution in [-0.2, 0) is 4.79 Å². The molecule has 1 amide bonds. The molecule has 0 atom stereocenters. The van der Waals surface area contributed by atoms with Gasteiger partial charge in [0.15, 0.2) is 0 Å². The van der Waals surface area contributed by atoms with Crippen molar-refractivity contribution < 1.29 is 14.3 Å². The number of carbonyl (C=O) groups excluding carboxylic acids is 2. The van der Waals surface area contributed by atoms with E-state index in [0.717, 1.165) is 22.9 Å². The van der Waals surface area contributed by atoms with Gasteiger partial charge in [0.1, 0.15) is 5.75 Å². The molecule has 0 saturated carbocycles. The molecule has 2 aromatic carbocycles. The molecule has 0 aliphatic rings. The van der Waals surface area contributed by atoms with E-state index in [4.69, 9.17) is 4.74 Å². The maximum absolute atomic E-state index is 12.5. The second-order valence-electron chi connectivity index (χ2n) is 9.02. The van der Waals surface area contributed by atoms with Gasteiger partial charge in [0, 0.05) is 16.5 Å². The lowest BCUT2D eigenvalue weighted by molar-refractivity contribution is -0.121. The Morgan fingerprint density at radius 2 is 1.49 bits per heavy atom. The molecule has 190 valence electrons. The number of carbonyl (C=O) groups is 2. The summed E-state index contributed by atoms with van der Waals surface area (Å²) in [6.45, 7) is 4.21. The monoisotopic (exact) mass is 542 g/mol. The number of hydrazone groups is 1. The number of nitrogens with zero attached hydrogens (tertiary/aromatic N) is 1. The number of esters is 1. The quantitative estimate of drug-likeness (QED) is 0.0764. The third-order valence-electron chi connectivity index (χ3n) is 5.86. The molecule has 2 aromatic rings. The van der Waals surface area contributed by atoms with Gasteiger partial charge in [0.2, 0.25) is 5.91 Å². The van der Waals surface area contributed by atoms with E-state index >= 15 is 0 Å². The molecule has 6 heteroatoms.